The van der Waals surface area contributed by atoms with Crippen LogP contribution in [0.5, 0.6) is 0 Å². The van der Waals surface area contributed by atoms with Gasteiger partial charge in [0.1, 0.15) is 0 Å². The third kappa shape index (κ3) is 2.86. The molecule has 2 rings (SSSR count). The fraction of sp³-hybridized carbons (Fsp3) is 0.917. The van der Waals surface area contributed by atoms with Gasteiger partial charge in [0, 0.05) is 19.6 Å². The fourth-order valence-corrected chi connectivity index (χ4v) is 2.68. The van der Waals surface area contributed by atoms with Crippen molar-refractivity contribution in [1.29, 1.82) is 0 Å². The fourth-order valence-electron chi connectivity index (χ4n) is 2.68. The number of urea groups is 1. The molecule has 3 nitrogen and oxygen atoms in total. The maximum atomic E-state index is 11.3. The first-order valence-electron chi connectivity index (χ1n) is 6.28. The summed E-state index contributed by atoms with van der Waals surface area (Å²) in [5, 5.41) is 2.85. The van der Waals surface area contributed by atoms with Crippen LogP contribution in [-0.4, -0.2) is 30.6 Å². The Balaban J connectivity index is 1.67. The number of carbonyl (C=O) groups excluding carboxylic acids is 1. The number of hydrogen-bond donors (Lipinski definition) is 1. The first-order chi connectivity index (χ1) is 7.25. The van der Waals surface area contributed by atoms with E-state index in [1.165, 1.54) is 32.1 Å². The number of amides is 2. The Kier molecular flexibility index (Phi) is 3.49. The lowest BCUT2D eigenvalue weighted by Crippen LogP contribution is -2.30. The van der Waals surface area contributed by atoms with Crippen LogP contribution in [0.25, 0.3) is 0 Å². The van der Waals surface area contributed by atoms with E-state index >= 15 is 0 Å². The van der Waals surface area contributed by atoms with Crippen molar-refractivity contribution >= 4 is 6.03 Å². The number of nitrogens with one attached hydrogen (secondary N) is 1. The summed E-state index contributed by atoms with van der Waals surface area (Å²) in [5.41, 5.74) is 0. The van der Waals surface area contributed by atoms with Crippen LogP contribution in [0.15, 0.2) is 0 Å². The topological polar surface area (TPSA) is 32.3 Å². The molecule has 1 heterocycles. The van der Waals surface area contributed by atoms with E-state index in [0.717, 1.165) is 31.5 Å². The van der Waals surface area contributed by atoms with Crippen LogP contribution in [0, 0.1) is 11.8 Å². The summed E-state index contributed by atoms with van der Waals surface area (Å²) in [7, 11) is 0. The maximum Gasteiger partial charge on any atom is 0.317 e. The van der Waals surface area contributed by atoms with Crippen LogP contribution in [0.3, 0.4) is 0 Å². The van der Waals surface area contributed by atoms with Gasteiger partial charge in [-0.15, -0.1) is 0 Å². The van der Waals surface area contributed by atoms with Crippen molar-refractivity contribution in [3.05, 3.63) is 0 Å². The molecule has 0 unspecified atom stereocenters. The van der Waals surface area contributed by atoms with Crippen molar-refractivity contribution in [3.63, 3.8) is 0 Å². The van der Waals surface area contributed by atoms with Gasteiger partial charge in [-0.25, -0.2) is 4.79 Å². The summed E-state index contributed by atoms with van der Waals surface area (Å²) in [6.45, 7) is 5.05. The van der Waals surface area contributed by atoms with E-state index < -0.39 is 0 Å². The van der Waals surface area contributed by atoms with Crippen molar-refractivity contribution < 1.29 is 4.79 Å². The normalized spacial score (nSPS) is 31.8. The van der Waals surface area contributed by atoms with Gasteiger partial charge >= 0.3 is 6.03 Å². The Morgan fingerprint density at radius 3 is 2.67 bits per heavy atom. The Morgan fingerprint density at radius 1 is 1.33 bits per heavy atom. The average Bonchev–Trinajstić information content (AvgIpc) is 2.63. The molecule has 0 atom stereocenters. The molecule has 0 aromatic heterocycles. The van der Waals surface area contributed by atoms with E-state index in [-0.39, 0.29) is 6.03 Å². The van der Waals surface area contributed by atoms with Crippen LogP contribution in [0.4, 0.5) is 4.79 Å². The van der Waals surface area contributed by atoms with E-state index in [2.05, 4.69) is 12.2 Å². The molecule has 0 spiro atoms. The van der Waals surface area contributed by atoms with Gasteiger partial charge < -0.3 is 10.2 Å². The van der Waals surface area contributed by atoms with Gasteiger partial charge in [0.05, 0.1) is 0 Å². The maximum absolute atomic E-state index is 11.3. The third-order valence-electron chi connectivity index (χ3n) is 3.89. The van der Waals surface area contributed by atoms with Crippen molar-refractivity contribution in [2.24, 2.45) is 11.8 Å². The molecule has 0 bridgehead atoms. The molecule has 2 amide bonds. The minimum Gasteiger partial charge on any atom is -0.336 e. The molecule has 1 aliphatic carbocycles. The zero-order chi connectivity index (χ0) is 10.7. The van der Waals surface area contributed by atoms with Gasteiger partial charge in [0.15, 0.2) is 0 Å². The Bertz CT molecular complexity index is 222. The highest BCUT2D eigenvalue weighted by Gasteiger charge is 2.22. The van der Waals surface area contributed by atoms with E-state index in [0.29, 0.717) is 0 Å². The van der Waals surface area contributed by atoms with Crippen molar-refractivity contribution in [2.75, 3.05) is 19.6 Å². The first kappa shape index (κ1) is 10.8. The standard InChI is InChI=1S/C12H22N2O/c1-10-2-4-11(5-3-10)6-8-14-9-7-13-12(14)15/h10-11H,2-9H2,1H3,(H,13,15). The predicted molar refractivity (Wildman–Crippen MR) is 60.7 cm³/mol. The molecule has 1 saturated heterocycles. The minimum atomic E-state index is 0.138. The van der Waals surface area contributed by atoms with Crippen LogP contribution in [-0.2, 0) is 0 Å². The van der Waals surface area contributed by atoms with E-state index in [4.69, 9.17) is 0 Å². The highest BCUT2D eigenvalue weighted by Crippen LogP contribution is 2.30. The van der Waals surface area contributed by atoms with Gasteiger partial charge in [0.25, 0.3) is 0 Å². The van der Waals surface area contributed by atoms with Gasteiger partial charge in [0.2, 0.25) is 0 Å². The summed E-state index contributed by atoms with van der Waals surface area (Å²) in [4.78, 5) is 13.3. The molecule has 0 radical (unpaired) electrons. The average molecular weight is 210 g/mol. The Hall–Kier alpha value is -0.730. The number of nitrogens with zero attached hydrogens (tertiary/aromatic N) is 1. The predicted octanol–water partition coefficient (Wildman–Crippen LogP) is 2.23. The van der Waals surface area contributed by atoms with Crippen LogP contribution < -0.4 is 5.32 Å². The third-order valence-corrected chi connectivity index (χ3v) is 3.89. The molecule has 0 aromatic rings. The molecule has 86 valence electrons. The van der Waals surface area contributed by atoms with E-state index in [1.54, 1.807) is 0 Å². The zero-order valence-corrected chi connectivity index (χ0v) is 9.67. The second-order valence-electron chi connectivity index (χ2n) is 5.13. The number of hydrogen-bond acceptors (Lipinski definition) is 1. The lowest BCUT2D eigenvalue weighted by Gasteiger charge is -2.27. The first-order valence-corrected chi connectivity index (χ1v) is 6.28. The molecule has 2 fully saturated rings. The summed E-state index contributed by atoms with van der Waals surface area (Å²) < 4.78 is 0. The van der Waals surface area contributed by atoms with Crippen LogP contribution in [0.1, 0.15) is 39.0 Å². The Labute approximate surface area is 92.2 Å². The Morgan fingerprint density at radius 2 is 2.07 bits per heavy atom. The quantitative estimate of drug-likeness (QED) is 0.761. The van der Waals surface area contributed by atoms with Gasteiger partial charge in [-0.1, -0.05) is 32.6 Å². The SMILES string of the molecule is CC1CCC(CCN2CCNC2=O)CC1. The molecule has 1 N–H and O–H groups in total. The highest BCUT2D eigenvalue weighted by atomic mass is 16.2. The molecule has 3 heteroatoms. The molecule has 15 heavy (non-hydrogen) atoms. The summed E-state index contributed by atoms with van der Waals surface area (Å²) >= 11 is 0. The van der Waals surface area contributed by atoms with Gasteiger partial charge in [-0.2, -0.15) is 0 Å². The van der Waals surface area contributed by atoms with E-state index in [9.17, 15) is 4.79 Å². The molecular formula is C12H22N2O. The second-order valence-corrected chi connectivity index (χ2v) is 5.13. The second kappa shape index (κ2) is 4.86. The summed E-state index contributed by atoms with van der Waals surface area (Å²) in [6.07, 6.45) is 6.72. The van der Waals surface area contributed by atoms with Gasteiger partial charge in [-0.05, 0) is 18.3 Å². The monoisotopic (exact) mass is 210 g/mol. The van der Waals surface area contributed by atoms with Crippen molar-refractivity contribution in [1.82, 2.24) is 10.2 Å². The molecular weight excluding hydrogens is 188 g/mol. The lowest BCUT2D eigenvalue weighted by atomic mass is 9.81. The van der Waals surface area contributed by atoms with Crippen LogP contribution in [0.2, 0.25) is 0 Å². The number of rotatable bonds is 3. The molecule has 1 aliphatic heterocycles. The summed E-state index contributed by atoms with van der Waals surface area (Å²) in [6, 6.07) is 0.138. The molecule has 0 aromatic carbocycles. The van der Waals surface area contributed by atoms with E-state index in [1.807, 2.05) is 4.90 Å². The van der Waals surface area contributed by atoms with Crippen molar-refractivity contribution in [2.45, 2.75) is 39.0 Å². The smallest absolute Gasteiger partial charge is 0.317 e. The molecule has 2 aliphatic rings. The van der Waals surface area contributed by atoms with Crippen LogP contribution >= 0.6 is 0 Å². The summed E-state index contributed by atoms with van der Waals surface area (Å²) in [5.74, 6) is 1.80. The zero-order valence-electron chi connectivity index (χ0n) is 9.67. The number of carbonyl (C=O) groups is 1. The van der Waals surface area contributed by atoms with Crippen molar-refractivity contribution in [3.8, 4) is 0 Å². The molecule has 1 saturated carbocycles. The lowest BCUT2D eigenvalue weighted by molar-refractivity contribution is 0.206. The minimum absolute atomic E-state index is 0.138. The highest BCUT2D eigenvalue weighted by molar-refractivity contribution is 5.76. The van der Waals surface area contributed by atoms with Gasteiger partial charge in [-0.3, -0.25) is 0 Å². The largest absolute Gasteiger partial charge is 0.336 e.